The van der Waals surface area contributed by atoms with Gasteiger partial charge in [-0.25, -0.2) is 8.42 Å². The van der Waals surface area contributed by atoms with Gasteiger partial charge in [-0.15, -0.1) is 0 Å². The van der Waals surface area contributed by atoms with E-state index < -0.39 is 10.0 Å². The van der Waals surface area contributed by atoms with Crippen molar-refractivity contribution in [3.05, 3.63) is 29.8 Å². The molecule has 0 spiro atoms. The smallest absolute Gasteiger partial charge is 0.251 e. The third-order valence-corrected chi connectivity index (χ3v) is 6.94. The van der Waals surface area contributed by atoms with Gasteiger partial charge in [-0.3, -0.25) is 9.59 Å². The third kappa shape index (κ3) is 4.66. The zero-order chi connectivity index (χ0) is 19.4. The molecule has 9 heteroatoms. The number of amides is 2. The Morgan fingerprint density at radius 1 is 1.19 bits per heavy atom. The lowest BCUT2D eigenvalue weighted by Gasteiger charge is -2.33. The minimum absolute atomic E-state index is 0.0529. The van der Waals surface area contributed by atoms with E-state index in [1.165, 1.54) is 23.4 Å². The van der Waals surface area contributed by atoms with Crippen molar-refractivity contribution in [1.82, 2.24) is 19.8 Å². The molecular formula is C18H26N4O4S. The summed E-state index contributed by atoms with van der Waals surface area (Å²) in [6.45, 7) is 4.43. The Bertz CT molecular complexity index is 797. The summed E-state index contributed by atoms with van der Waals surface area (Å²) in [5, 5.41) is 6.19. The van der Waals surface area contributed by atoms with E-state index in [4.69, 9.17) is 0 Å². The molecule has 3 rings (SSSR count). The van der Waals surface area contributed by atoms with Crippen LogP contribution in [0.15, 0.2) is 29.2 Å². The fourth-order valence-corrected chi connectivity index (χ4v) is 4.90. The molecule has 2 heterocycles. The van der Waals surface area contributed by atoms with Crippen LogP contribution < -0.4 is 10.6 Å². The number of sulfonamides is 1. The van der Waals surface area contributed by atoms with Crippen molar-refractivity contribution in [2.75, 3.05) is 39.3 Å². The molecule has 2 fully saturated rings. The summed E-state index contributed by atoms with van der Waals surface area (Å²) in [7, 11) is -3.70. The van der Waals surface area contributed by atoms with E-state index in [-0.39, 0.29) is 35.8 Å². The molecule has 1 aromatic rings. The molecule has 1 aromatic carbocycles. The standard InChI is InChI=1S/C18H26N4O4S/c1-14(23)21-8-10-22(11-9-21)27(25,26)17-6-2-4-15(12-17)18(24)20-16-5-3-7-19-13-16/h2,4,6,12,16,19H,3,5,7-11,13H2,1H3,(H,20,24). The van der Waals surface area contributed by atoms with Gasteiger partial charge in [0.05, 0.1) is 4.90 Å². The highest BCUT2D eigenvalue weighted by molar-refractivity contribution is 7.89. The fraction of sp³-hybridized carbons (Fsp3) is 0.556. The summed E-state index contributed by atoms with van der Waals surface area (Å²) in [5.74, 6) is -0.315. The van der Waals surface area contributed by atoms with E-state index in [1.54, 1.807) is 17.0 Å². The quantitative estimate of drug-likeness (QED) is 0.750. The molecular weight excluding hydrogens is 368 g/mol. The van der Waals surface area contributed by atoms with Crippen LogP contribution in [-0.4, -0.2) is 74.7 Å². The summed E-state index contributed by atoms with van der Waals surface area (Å²) in [6.07, 6.45) is 1.92. The second-order valence-corrected chi connectivity index (χ2v) is 8.89. The maximum Gasteiger partial charge on any atom is 0.251 e. The third-order valence-electron chi connectivity index (χ3n) is 5.05. The number of hydrogen-bond acceptors (Lipinski definition) is 5. The minimum atomic E-state index is -3.70. The Labute approximate surface area is 160 Å². The summed E-state index contributed by atoms with van der Waals surface area (Å²) < 4.78 is 27.2. The first-order chi connectivity index (χ1) is 12.9. The molecule has 0 radical (unpaired) electrons. The van der Waals surface area contributed by atoms with Crippen LogP contribution in [0.25, 0.3) is 0 Å². The maximum absolute atomic E-state index is 12.9. The maximum atomic E-state index is 12.9. The Morgan fingerprint density at radius 2 is 1.93 bits per heavy atom. The lowest BCUT2D eigenvalue weighted by Crippen LogP contribution is -2.50. The van der Waals surface area contributed by atoms with Crippen molar-refractivity contribution in [1.29, 1.82) is 0 Å². The Morgan fingerprint density at radius 3 is 2.56 bits per heavy atom. The van der Waals surface area contributed by atoms with Crippen molar-refractivity contribution in [3.8, 4) is 0 Å². The lowest BCUT2D eigenvalue weighted by atomic mass is 10.1. The normalized spacial score (nSPS) is 21.7. The average molecular weight is 394 g/mol. The predicted octanol–water partition coefficient (Wildman–Crippen LogP) is 0.0212. The highest BCUT2D eigenvalue weighted by atomic mass is 32.2. The van der Waals surface area contributed by atoms with Gasteiger partial charge in [0.25, 0.3) is 5.91 Å². The van der Waals surface area contributed by atoms with Gasteiger partial charge in [-0.2, -0.15) is 4.31 Å². The van der Waals surface area contributed by atoms with Gasteiger partial charge < -0.3 is 15.5 Å². The van der Waals surface area contributed by atoms with Crippen LogP contribution in [0.1, 0.15) is 30.1 Å². The monoisotopic (exact) mass is 394 g/mol. The minimum Gasteiger partial charge on any atom is -0.348 e. The van der Waals surface area contributed by atoms with Crippen LogP contribution in [0, 0.1) is 0 Å². The lowest BCUT2D eigenvalue weighted by molar-refractivity contribution is -0.129. The largest absolute Gasteiger partial charge is 0.348 e. The number of hydrogen-bond donors (Lipinski definition) is 2. The van der Waals surface area contributed by atoms with Gasteiger partial charge in [0.2, 0.25) is 15.9 Å². The summed E-state index contributed by atoms with van der Waals surface area (Å²) in [4.78, 5) is 25.7. The van der Waals surface area contributed by atoms with E-state index in [1.807, 2.05) is 0 Å². The van der Waals surface area contributed by atoms with Gasteiger partial charge >= 0.3 is 0 Å². The van der Waals surface area contributed by atoms with Crippen LogP contribution in [0.5, 0.6) is 0 Å². The predicted molar refractivity (Wildman–Crippen MR) is 101 cm³/mol. The molecule has 2 saturated heterocycles. The van der Waals surface area contributed by atoms with E-state index in [0.29, 0.717) is 18.7 Å². The molecule has 148 valence electrons. The Kier molecular flexibility index (Phi) is 6.13. The summed E-state index contributed by atoms with van der Waals surface area (Å²) >= 11 is 0. The molecule has 0 aliphatic carbocycles. The van der Waals surface area contributed by atoms with E-state index >= 15 is 0 Å². The zero-order valence-corrected chi connectivity index (χ0v) is 16.3. The highest BCUT2D eigenvalue weighted by Gasteiger charge is 2.29. The van der Waals surface area contributed by atoms with Crippen LogP contribution in [0.4, 0.5) is 0 Å². The van der Waals surface area contributed by atoms with E-state index in [0.717, 1.165) is 25.9 Å². The second kappa shape index (κ2) is 8.37. The van der Waals surface area contributed by atoms with E-state index in [2.05, 4.69) is 10.6 Å². The van der Waals surface area contributed by atoms with Gasteiger partial charge in [0, 0.05) is 51.3 Å². The molecule has 2 amide bonds. The first kappa shape index (κ1) is 19.8. The molecule has 2 aliphatic heterocycles. The first-order valence-electron chi connectivity index (χ1n) is 9.25. The molecule has 0 saturated carbocycles. The highest BCUT2D eigenvalue weighted by Crippen LogP contribution is 2.19. The van der Waals surface area contributed by atoms with Gasteiger partial charge in [0.15, 0.2) is 0 Å². The Balaban J connectivity index is 1.70. The van der Waals surface area contributed by atoms with Crippen molar-refractivity contribution >= 4 is 21.8 Å². The first-order valence-corrected chi connectivity index (χ1v) is 10.7. The van der Waals surface area contributed by atoms with Crippen molar-refractivity contribution in [2.45, 2.75) is 30.7 Å². The van der Waals surface area contributed by atoms with Gasteiger partial charge in [-0.05, 0) is 37.6 Å². The molecule has 1 unspecified atom stereocenters. The van der Waals surface area contributed by atoms with Crippen molar-refractivity contribution in [2.24, 2.45) is 0 Å². The van der Waals surface area contributed by atoms with Crippen molar-refractivity contribution in [3.63, 3.8) is 0 Å². The number of piperidine rings is 1. The molecule has 0 aromatic heterocycles. The number of benzene rings is 1. The topological polar surface area (TPSA) is 98.8 Å². The van der Waals surface area contributed by atoms with Gasteiger partial charge in [-0.1, -0.05) is 6.07 Å². The van der Waals surface area contributed by atoms with Crippen LogP contribution >= 0.6 is 0 Å². The zero-order valence-electron chi connectivity index (χ0n) is 15.5. The molecule has 0 bridgehead atoms. The summed E-state index contributed by atoms with van der Waals surface area (Å²) in [6, 6.07) is 6.21. The molecule has 8 nitrogen and oxygen atoms in total. The van der Waals surface area contributed by atoms with E-state index in [9.17, 15) is 18.0 Å². The average Bonchev–Trinajstić information content (AvgIpc) is 2.69. The van der Waals surface area contributed by atoms with Crippen LogP contribution in [0.3, 0.4) is 0 Å². The summed E-state index contributed by atoms with van der Waals surface area (Å²) in [5.41, 5.74) is 0.337. The number of nitrogens with one attached hydrogen (secondary N) is 2. The number of carbonyl (C=O) groups is 2. The van der Waals surface area contributed by atoms with Crippen LogP contribution in [-0.2, 0) is 14.8 Å². The fourth-order valence-electron chi connectivity index (χ4n) is 3.43. The number of carbonyl (C=O) groups excluding carboxylic acids is 2. The Hall–Kier alpha value is -1.97. The van der Waals surface area contributed by atoms with Gasteiger partial charge in [0.1, 0.15) is 0 Å². The molecule has 1 atom stereocenters. The number of piperazine rings is 1. The molecule has 27 heavy (non-hydrogen) atoms. The number of nitrogens with zero attached hydrogens (tertiary/aromatic N) is 2. The number of rotatable bonds is 4. The molecule has 2 aliphatic rings. The second-order valence-electron chi connectivity index (χ2n) is 6.95. The SMILES string of the molecule is CC(=O)N1CCN(S(=O)(=O)c2cccc(C(=O)NC3CCCNC3)c2)CC1. The molecule has 2 N–H and O–H groups in total. The van der Waals surface area contributed by atoms with Crippen LogP contribution in [0.2, 0.25) is 0 Å². The van der Waals surface area contributed by atoms with Crippen molar-refractivity contribution < 1.29 is 18.0 Å².